The molecule has 4 nitrogen and oxygen atoms in total. The van der Waals surface area contributed by atoms with E-state index in [9.17, 15) is 9.59 Å². The predicted octanol–water partition coefficient (Wildman–Crippen LogP) is 0.462. The van der Waals surface area contributed by atoms with Crippen molar-refractivity contribution < 1.29 is 9.59 Å². The number of carbonyl (C=O) groups is 2. The Morgan fingerprint density at radius 2 is 2.21 bits per heavy atom. The van der Waals surface area contributed by atoms with Crippen LogP contribution in [0.3, 0.4) is 0 Å². The Morgan fingerprint density at radius 1 is 1.50 bits per heavy atom. The number of carbonyl (C=O) groups excluding carboxylic acids is 2. The Labute approximate surface area is 92.4 Å². The standard InChI is InChI=1S/C9H15BrN2O2/c1-11-5-2-6-12(7-9(11)14)8(13)3-4-10/h2-7H2,1H3. The zero-order chi connectivity index (χ0) is 10.6. The third-order valence-electron chi connectivity index (χ3n) is 2.33. The van der Waals surface area contributed by atoms with Gasteiger partial charge in [-0.25, -0.2) is 0 Å². The summed E-state index contributed by atoms with van der Waals surface area (Å²) in [5.41, 5.74) is 0. The molecule has 0 atom stereocenters. The molecule has 1 aliphatic rings. The van der Waals surface area contributed by atoms with E-state index in [0.29, 0.717) is 18.3 Å². The summed E-state index contributed by atoms with van der Waals surface area (Å²) >= 11 is 3.22. The molecule has 0 spiro atoms. The number of alkyl halides is 1. The Bertz CT molecular complexity index is 233. The minimum absolute atomic E-state index is 0.0328. The molecule has 0 bridgehead atoms. The van der Waals surface area contributed by atoms with Crippen molar-refractivity contribution in [1.29, 1.82) is 0 Å². The summed E-state index contributed by atoms with van der Waals surface area (Å²) in [7, 11) is 1.78. The highest BCUT2D eigenvalue weighted by molar-refractivity contribution is 9.09. The second-order valence-corrected chi connectivity index (χ2v) is 4.22. The van der Waals surface area contributed by atoms with Gasteiger partial charge in [-0.3, -0.25) is 9.59 Å². The monoisotopic (exact) mass is 262 g/mol. The van der Waals surface area contributed by atoms with Gasteiger partial charge in [0.2, 0.25) is 11.8 Å². The van der Waals surface area contributed by atoms with Crippen LogP contribution in [0.15, 0.2) is 0 Å². The number of hydrogen-bond donors (Lipinski definition) is 0. The van der Waals surface area contributed by atoms with E-state index >= 15 is 0 Å². The summed E-state index contributed by atoms with van der Waals surface area (Å²) in [5, 5.41) is 0.659. The Hall–Kier alpha value is -0.580. The molecule has 0 aromatic rings. The number of halogens is 1. The fraction of sp³-hybridized carbons (Fsp3) is 0.778. The summed E-state index contributed by atoms with van der Waals surface area (Å²) in [6.07, 6.45) is 1.34. The summed E-state index contributed by atoms with van der Waals surface area (Å²) < 4.78 is 0. The van der Waals surface area contributed by atoms with E-state index in [1.54, 1.807) is 16.8 Å². The molecule has 1 saturated heterocycles. The zero-order valence-corrected chi connectivity index (χ0v) is 9.92. The van der Waals surface area contributed by atoms with Crippen LogP contribution < -0.4 is 0 Å². The fourth-order valence-corrected chi connectivity index (χ4v) is 1.78. The van der Waals surface area contributed by atoms with Crippen molar-refractivity contribution in [2.75, 3.05) is 32.0 Å². The molecule has 80 valence electrons. The number of amides is 2. The molecule has 0 saturated carbocycles. The van der Waals surface area contributed by atoms with E-state index in [1.807, 2.05) is 0 Å². The van der Waals surface area contributed by atoms with Gasteiger partial charge in [-0.1, -0.05) is 15.9 Å². The van der Waals surface area contributed by atoms with E-state index in [-0.39, 0.29) is 18.4 Å². The van der Waals surface area contributed by atoms with Crippen molar-refractivity contribution in [3.63, 3.8) is 0 Å². The smallest absolute Gasteiger partial charge is 0.241 e. The predicted molar refractivity (Wildman–Crippen MR) is 57.2 cm³/mol. The maximum atomic E-state index is 11.5. The SMILES string of the molecule is CN1CCCN(C(=O)CCBr)CC1=O. The molecule has 0 aliphatic carbocycles. The van der Waals surface area contributed by atoms with Gasteiger partial charge in [0.25, 0.3) is 0 Å². The molecule has 2 amide bonds. The first kappa shape index (κ1) is 11.5. The van der Waals surface area contributed by atoms with Gasteiger partial charge in [-0.2, -0.15) is 0 Å². The first-order chi connectivity index (χ1) is 6.65. The minimum Gasteiger partial charge on any atom is -0.344 e. The lowest BCUT2D eigenvalue weighted by molar-refractivity contribution is -0.137. The second kappa shape index (κ2) is 5.34. The first-order valence-electron chi connectivity index (χ1n) is 4.73. The van der Waals surface area contributed by atoms with Crippen molar-refractivity contribution in [3.8, 4) is 0 Å². The van der Waals surface area contributed by atoms with Crippen LogP contribution >= 0.6 is 15.9 Å². The topological polar surface area (TPSA) is 40.6 Å². The lowest BCUT2D eigenvalue weighted by Crippen LogP contribution is -2.38. The van der Waals surface area contributed by atoms with Crippen molar-refractivity contribution in [2.24, 2.45) is 0 Å². The quantitative estimate of drug-likeness (QED) is 0.679. The Kier molecular flexibility index (Phi) is 4.38. The van der Waals surface area contributed by atoms with Crippen LogP contribution in [0.25, 0.3) is 0 Å². The third kappa shape index (κ3) is 2.97. The van der Waals surface area contributed by atoms with Gasteiger partial charge in [-0.05, 0) is 6.42 Å². The van der Waals surface area contributed by atoms with Gasteiger partial charge >= 0.3 is 0 Å². The summed E-state index contributed by atoms with van der Waals surface area (Å²) in [5.74, 6) is 0.0935. The number of likely N-dealkylation sites (N-methyl/N-ethyl adjacent to an activating group) is 1. The maximum Gasteiger partial charge on any atom is 0.241 e. The number of hydrogen-bond acceptors (Lipinski definition) is 2. The van der Waals surface area contributed by atoms with E-state index in [0.717, 1.165) is 13.0 Å². The summed E-state index contributed by atoms with van der Waals surface area (Å²) in [6, 6.07) is 0. The number of rotatable bonds is 2. The van der Waals surface area contributed by atoms with Crippen molar-refractivity contribution in [3.05, 3.63) is 0 Å². The third-order valence-corrected chi connectivity index (χ3v) is 2.73. The van der Waals surface area contributed by atoms with Gasteiger partial charge in [0.1, 0.15) is 0 Å². The van der Waals surface area contributed by atoms with Gasteiger partial charge < -0.3 is 9.80 Å². The molecule has 0 aromatic heterocycles. The number of nitrogens with zero attached hydrogens (tertiary/aromatic N) is 2. The first-order valence-corrected chi connectivity index (χ1v) is 5.85. The van der Waals surface area contributed by atoms with E-state index in [1.165, 1.54) is 0 Å². The lowest BCUT2D eigenvalue weighted by atomic mass is 10.3. The average molecular weight is 263 g/mol. The van der Waals surface area contributed by atoms with E-state index in [2.05, 4.69) is 15.9 Å². The molecule has 5 heteroatoms. The van der Waals surface area contributed by atoms with Gasteiger partial charge in [0, 0.05) is 31.9 Å². The molecular formula is C9H15BrN2O2. The Morgan fingerprint density at radius 3 is 2.86 bits per heavy atom. The molecule has 14 heavy (non-hydrogen) atoms. The minimum atomic E-state index is 0.0328. The highest BCUT2D eigenvalue weighted by atomic mass is 79.9. The zero-order valence-electron chi connectivity index (χ0n) is 8.33. The van der Waals surface area contributed by atoms with Gasteiger partial charge in [0.05, 0.1) is 6.54 Å². The lowest BCUT2D eigenvalue weighted by Gasteiger charge is -2.19. The van der Waals surface area contributed by atoms with Crippen molar-refractivity contribution in [2.45, 2.75) is 12.8 Å². The van der Waals surface area contributed by atoms with E-state index < -0.39 is 0 Å². The van der Waals surface area contributed by atoms with Crippen LogP contribution in [0.1, 0.15) is 12.8 Å². The van der Waals surface area contributed by atoms with Crippen LogP contribution in [0, 0.1) is 0 Å². The fourth-order valence-electron chi connectivity index (χ4n) is 1.44. The van der Waals surface area contributed by atoms with Crippen LogP contribution in [0.5, 0.6) is 0 Å². The maximum absolute atomic E-state index is 11.5. The van der Waals surface area contributed by atoms with Crippen LogP contribution in [-0.4, -0.2) is 53.6 Å². The summed E-state index contributed by atoms with van der Waals surface area (Å²) in [6.45, 7) is 1.68. The highest BCUT2D eigenvalue weighted by Crippen LogP contribution is 2.05. The molecule has 1 heterocycles. The van der Waals surface area contributed by atoms with Crippen molar-refractivity contribution >= 4 is 27.7 Å². The van der Waals surface area contributed by atoms with Crippen molar-refractivity contribution in [1.82, 2.24) is 9.80 Å². The van der Waals surface area contributed by atoms with Crippen LogP contribution in [0.4, 0.5) is 0 Å². The molecule has 0 unspecified atom stereocenters. The van der Waals surface area contributed by atoms with Gasteiger partial charge in [0.15, 0.2) is 0 Å². The van der Waals surface area contributed by atoms with Gasteiger partial charge in [-0.15, -0.1) is 0 Å². The van der Waals surface area contributed by atoms with Crippen LogP contribution in [-0.2, 0) is 9.59 Å². The average Bonchev–Trinajstić information content (AvgIpc) is 2.30. The molecule has 1 fully saturated rings. The van der Waals surface area contributed by atoms with E-state index in [4.69, 9.17) is 0 Å². The molecule has 0 radical (unpaired) electrons. The molecule has 1 aliphatic heterocycles. The molecule has 0 N–H and O–H groups in total. The largest absolute Gasteiger partial charge is 0.344 e. The molecular weight excluding hydrogens is 248 g/mol. The molecule has 1 rings (SSSR count). The second-order valence-electron chi connectivity index (χ2n) is 3.42. The molecule has 0 aromatic carbocycles. The summed E-state index contributed by atoms with van der Waals surface area (Å²) in [4.78, 5) is 26.3. The Balaban J connectivity index is 2.54. The normalized spacial score (nSPS) is 18.3. The van der Waals surface area contributed by atoms with Crippen LogP contribution in [0.2, 0.25) is 0 Å². The highest BCUT2D eigenvalue weighted by Gasteiger charge is 2.21.